The van der Waals surface area contributed by atoms with Crippen molar-refractivity contribution in [3.8, 4) is 0 Å². The first kappa shape index (κ1) is 8.21. The zero-order chi connectivity index (χ0) is 8.10. The molecule has 0 bridgehead atoms. The summed E-state index contributed by atoms with van der Waals surface area (Å²) in [6.45, 7) is 3.87. The van der Waals surface area contributed by atoms with Crippen LogP contribution in [0.2, 0.25) is 0 Å². The number of allylic oxidation sites excluding steroid dienone is 2. The third-order valence-corrected chi connectivity index (χ3v) is 1.43. The Hall–Kier alpha value is -0.890. The Labute approximate surface area is 65.9 Å². The molecule has 60 valence electrons. The third-order valence-electron chi connectivity index (χ3n) is 1.43. The molecule has 0 fully saturated rings. The number of ether oxygens (including phenoxy) is 1. The van der Waals surface area contributed by atoms with E-state index in [2.05, 4.69) is 6.58 Å². The molecule has 0 saturated heterocycles. The maximum Gasteiger partial charge on any atom is 0.148 e. The van der Waals surface area contributed by atoms with E-state index in [4.69, 9.17) is 4.74 Å². The molecule has 11 heavy (non-hydrogen) atoms. The third kappa shape index (κ3) is 2.31. The van der Waals surface area contributed by atoms with Crippen molar-refractivity contribution < 1.29 is 9.13 Å². The lowest BCUT2D eigenvalue weighted by atomic mass is 10.1. The summed E-state index contributed by atoms with van der Waals surface area (Å²) in [4.78, 5) is 0. The molecule has 1 aliphatic rings. The van der Waals surface area contributed by atoms with Gasteiger partial charge in [-0.2, -0.15) is 0 Å². The van der Waals surface area contributed by atoms with Gasteiger partial charge in [0.15, 0.2) is 0 Å². The molecule has 0 amide bonds. The SMILES string of the molecule is C=CCOC1C=CC=CC1F. The van der Waals surface area contributed by atoms with E-state index in [9.17, 15) is 4.39 Å². The maximum atomic E-state index is 12.9. The average Bonchev–Trinajstić information content (AvgIpc) is 2.03. The van der Waals surface area contributed by atoms with Crippen molar-refractivity contribution in [1.29, 1.82) is 0 Å². The van der Waals surface area contributed by atoms with E-state index in [0.29, 0.717) is 6.61 Å². The molecule has 0 aromatic rings. The molecule has 0 N–H and O–H groups in total. The van der Waals surface area contributed by atoms with Crippen LogP contribution in [0.25, 0.3) is 0 Å². The normalized spacial score (nSPS) is 28.8. The van der Waals surface area contributed by atoms with Gasteiger partial charge < -0.3 is 4.74 Å². The van der Waals surface area contributed by atoms with Gasteiger partial charge in [0.05, 0.1) is 6.61 Å². The van der Waals surface area contributed by atoms with Crippen molar-refractivity contribution in [3.63, 3.8) is 0 Å². The van der Waals surface area contributed by atoms with Gasteiger partial charge >= 0.3 is 0 Å². The lowest BCUT2D eigenvalue weighted by molar-refractivity contribution is 0.0618. The summed E-state index contributed by atoms with van der Waals surface area (Å²) in [5, 5.41) is 0. The van der Waals surface area contributed by atoms with Crippen LogP contribution < -0.4 is 0 Å². The van der Waals surface area contributed by atoms with E-state index in [1.54, 1.807) is 24.3 Å². The quantitative estimate of drug-likeness (QED) is 0.565. The summed E-state index contributed by atoms with van der Waals surface area (Å²) in [6, 6.07) is 0. The summed E-state index contributed by atoms with van der Waals surface area (Å²) in [7, 11) is 0. The monoisotopic (exact) mass is 154 g/mol. The van der Waals surface area contributed by atoms with Crippen molar-refractivity contribution in [1.82, 2.24) is 0 Å². The molecule has 1 rings (SSSR count). The molecular weight excluding hydrogens is 143 g/mol. The Balaban J connectivity index is 2.38. The van der Waals surface area contributed by atoms with Gasteiger partial charge in [-0.05, 0) is 6.08 Å². The van der Waals surface area contributed by atoms with Gasteiger partial charge in [0.25, 0.3) is 0 Å². The fraction of sp³-hybridized carbons (Fsp3) is 0.333. The van der Waals surface area contributed by atoms with Gasteiger partial charge in [-0.15, -0.1) is 6.58 Å². The molecule has 0 saturated carbocycles. The van der Waals surface area contributed by atoms with Crippen molar-refractivity contribution in [2.24, 2.45) is 0 Å². The summed E-state index contributed by atoms with van der Waals surface area (Å²) in [6.07, 6.45) is 6.81. The summed E-state index contributed by atoms with van der Waals surface area (Å²) in [5.41, 5.74) is 0. The van der Waals surface area contributed by atoms with Crippen LogP contribution in [-0.4, -0.2) is 18.9 Å². The minimum Gasteiger partial charge on any atom is -0.367 e. The predicted molar refractivity (Wildman–Crippen MR) is 43.1 cm³/mol. The Kier molecular flexibility index (Phi) is 3.05. The Morgan fingerprint density at radius 2 is 2.18 bits per heavy atom. The smallest absolute Gasteiger partial charge is 0.148 e. The summed E-state index contributed by atoms with van der Waals surface area (Å²) < 4.78 is 18.0. The molecule has 1 aliphatic carbocycles. The van der Waals surface area contributed by atoms with E-state index in [-0.39, 0.29) is 0 Å². The molecule has 1 nitrogen and oxygen atoms in total. The van der Waals surface area contributed by atoms with Gasteiger partial charge in [-0.3, -0.25) is 0 Å². The minimum absolute atomic E-state index is 0.392. The number of halogens is 1. The highest BCUT2D eigenvalue weighted by molar-refractivity contribution is 5.16. The molecule has 2 unspecified atom stereocenters. The number of rotatable bonds is 3. The van der Waals surface area contributed by atoms with Crippen LogP contribution in [-0.2, 0) is 4.74 Å². The van der Waals surface area contributed by atoms with E-state index >= 15 is 0 Å². The zero-order valence-corrected chi connectivity index (χ0v) is 6.24. The van der Waals surface area contributed by atoms with Crippen LogP contribution >= 0.6 is 0 Å². The topological polar surface area (TPSA) is 9.23 Å². The van der Waals surface area contributed by atoms with Crippen molar-refractivity contribution >= 4 is 0 Å². The fourth-order valence-corrected chi connectivity index (χ4v) is 0.886. The highest BCUT2D eigenvalue weighted by Crippen LogP contribution is 2.11. The van der Waals surface area contributed by atoms with E-state index < -0.39 is 12.3 Å². The number of hydrogen-bond acceptors (Lipinski definition) is 1. The van der Waals surface area contributed by atoms with Gasteiger partial charge in [0.2, 0.25) is 0 Å². The van der Waals surface area contributed by atoms with Crippen LogP contribution in [0, 0.1) is 0 Å². The van der Waals surface area contributed by atoms with E-state index in [1.165, 1.54) is 6.08 Å². The highest BCUT2D eigenvalue weighted by Gasteiger charge is 2.16. The molecule has 2 heteroatoms. The van der Waals surface area contributed by atoms with Crippen LogP contribution in [0.3, 0.4) is 0 Å². The molecule has 0 aromatic carbocycles. The first-order chi connectivity index (χ1) is 5.34. The Morgan fingerprint density at radius 3 is 2.82 bits per heavy atom. The van der Waals surface area contributed by atoms with Gasteiger partial charge in [0, 0.05) is 0 Å². The predicted octanol–water partition coefficient (Wildman–Crippen LogP) is 2.02. The Bertz CT molecular complexity index is 184. The van der Waals surface area contributed by atoms with Crippen LogP contribution in [0.4, 0.5) is 4.39 Å². The minimum atomic E-state index is -1.01. The second-order valence-corrected chi connectivity index (χ2v) is 2.30. The zero-order valence-electron chi connectivity index (χ0n) is 6.24. The second-order valence-electron chi connectivity index (χ2n) is 2.30. The summed E-state index contributed by atoms with van der Waals surface area (Å²) >= 11 is 0. The van der Waals surface area contributed by atoms with E-state index in [0.717, 1.165) is 0 Å². The highest BCUT2D eigenvalue weighted by atomic mass is 19.1. The lowest BCUT2D eigenvalue weighted by Gasteiger charge is -2.16. The first-order valence-electron chi connectivity index (χ1n) is 3.56. The van der Waals surface area contributed by atoms with Gasteiger partial charge in [-0.25, -0.2) is 4.39 Å². The fourth-order valence-electron chi connectivity index (χ4n) is 0.886. The lowest BCUT2D eigenvalue weighted by Crippen LogP contribution is -2.23. The molecular formula is C9H11FO. The first-order valence-corrected chi connectivity index (χ1v) is 3.56. The molecule has 0 heterocycles. The molecule has 0 aliphatic heterocycles. The van der Waals surface area contributed by atoms with Crippen LogP contribution in [0.5, 0.6) is 0 Å². The molecule has 0 spiro atoms. The maximum absolute atomic E-state index is 12.9. The number of alkyl halides is 1. The van der Waals surface area contributed by atoms with Crippen LogP contribution in [0.1, 0.15) is 0 Å². The summed E-state index contributed by atoms with van der Waals surface area (Å²) in [5.74, 6) is 0. The molecule has 0 radical (unpaired) electrons. The van der Waals surface area contributed by atoms with Crippen molar-refractivity contribution in [2.45, 2.75) is 12.3 Å². The van der Waals surface area contributed by atoms with E-state index in [1.807, 2.05) is 0 Å². The molecule has 2 atom stereocenters. The van der Waals surface area contributed by atoms with Gasteiger partial charge in [0.1, 0.15) is 12.3 Å². The standard InChI is InChI=1S/C9H11FO/c1-2-7-11-9-6-4-3-5-8(9)10/h2-6,8-9H,1,7H2. The second kappa shape index (κ2) is 4.09. The molecule has 0 aromatic heterocycles. The average molecular weight is 154 g/mol. The number of hydrogen-bond donors (Lipinski definition) is 0. The van der Waals surface area contributed by atoms with Crippen LogP contribution in [0.15, 0.2) is 37.0 Å². The largest absolute Gasteiger partial charge is 0.367 e. The van der Waals surface area contributed by atoms with Gasteiger partial charge in [-0.1, -0.05) is 24.3 Å². The van der Waals surface area contributed by atoms with Crippen molar-refractivity contribution in [3.05, 3.63) is 37.0 Å². The Morgan fingerprint density at radius 1 is 1.45 bits per heavy atom. The van der Waals surface area contributed by atoms with Crippen molar-refractivity contribution in [2.75, 3.05) is 6.61 Å².